The fraction of sp³-hybridized carbons (Fsp3) is 0.900. The van der Waals surface area contributed by atoms with Crippen LogP contribution in [-0.2, 0) is 4.79 Å². The van der Waals surface area contributed by atoms with Crippen LogP contribution in [0.2, 0.25) is 0 Å². The molecule has 3 nitrogen and oxygen atoms in total. The fourth-order valence-corrected chi connectivity index (χ4v) is 2.78. The molecule has 1 saturated heterocycles. The number of likely N-dealkylation sites (tertiary alicyclic amines) is 1. The Hall–Kier alpha value is -0.710. The van der Waals surface area contributed by atoms with Crippen molar-refractivity contribution in [2.45, 2.75) is 43.6 Å². The molecule has 0 unspecified atom stereocenters. The molecule has 1 aliphatic heterocycles. The third-order valence-corrected chi connectivity index (χ3v) is 3.66. The molecule has 0 atom stereocenters. The van der Waals surface area contributed by atoms with Gasteiger partial charge in [-0.3, -0.25) is 9.69 Å². The molecule has 0 bridgehead atoms. The van der Waals surface area contributed by atoms with Crippen LogP contribution in [0.15, 0.2) is 0 Å². The van der Waals surface area contributed by atoms with Gasteiger partial charge >= 0.3 is 0 Å². The molecule has 1 aliphatic carbocycles. The number of carbonyl (C=O) groups is 1. The van der Waals surface area contributed by atoms with Crippen molar-refractivity contribution in [1.82, 2.24) is 4.90 Å². The number of hydrogen-bond donors (Lipinski definition) is 1. The van der Waals surface area contributed by atoms with E-state index in [0.29, 0.717) is 12.8 Å². The van der Waals surface area contributed by atoms with E-state index in [1.165, 1.54) is 0 Å². The molecular weight excluding hydrogens is 202 g/mol. The van der Waals surface area contributed by atoms with Gasteiger partial charge in [-0.05, 0) is 12.8 Å². The van der Waals surface area contributed by atoms with E-state index in [2.05, 4.69) is 0 Å². The van der Waals surface area contributed by atoms with Gasteiger partial charge in [-0.2, -0.15) is 0 Å². The monoisotopic (exact) mass is 218 g/mol. The lowest BCUT2D eigenvalue weighted by atomic mass is 9.94. The van der Waals surface area contributed by atoms with Crippen molar-refractivity contribution in [2.24, 2.45) is 5.73 Å². The Balaban J connectivity index is 2.17. The van der Waals surface area contributed by atoms with Crippen molar-refractivity contribution in [3.05, 3.63) is 0 Å². The Labute approximate surface area is 87.6 Å². The molecule has 1 heterocycles. The molecule has 1 saturated carbocycles. The summed E-state index contributed by atoms with van der Waals surface area (Å²) in [5.41, 5.74) is 4.60. The van der Waals surface area contributed by atoms with E-state index in [1.54, 1.807) is 4.90 Å². The van der Waals surface area contributed by atoms with Gasteiger partial charge in [0.1, 0.15) is 5.54 Å². The van der Waals surface area contributed by atoms with Gasteiger partial charge in [-0.15, -0.1) is 0 Å². The van der Waals surface area contributed by atoms with Crippen molar-refractivity contribution in [2.75, 3.05) is 13.1 Å². The maximum absolute atomic E-state index is 13.1. The molecule has 1 amide bonds. The van der Waals surface area contributed by atoms with Crippen LogP contribution >= 0.6 is 0 Å². The first-order chi connectivity index (χ1) is 6.96. The number of hydrogen-bond acceptors (Lipinski definition) is 2. The molecule has 86 valence electrons. The van der Waals surface area contributed by atoms with Gasteiger partial charge < -0.3 is 5.73 Å². The lowest BCUT2D eigenvalue weighted by Gasteiger charge is -2.35. The molecule has 0 radical (unpaired) electrons. The van der Waals surface area contributed by atoms with Gasteiger partial charge in [0, 0.05) is 13.0 Å². The highest BCUT2D eigenvalue weighted by molar-refractivity contribution is 5.85. The first-order valence-corrected chi connectivity index (χ1v) is 5.39. The number of alkyl halides is 2. The molecule has 0 aromatic rings. The van der Waals surface area contributed by atoms with Crippen LogP contribution in [0.4, 0.5) is 8.78 Å². The molecule has 2 rings (SSSR count). The second kappa shape index (κ2) is 3.40. The standard InChI is InChI=1S/C10H16F2N2O/c11-10(12)5-6-14(7-10)9(8(13)15)3-1-2-4-9/h1-7H2,(H2,13,15). The largest absolute Gasteiger partial charge is 0.368 e. The summed E-state index contributed by atoms with van der Waals surface area (Å²) < 4.78 is 26.2. The molecule has 5 heteroatoms. The predicted octanol–water partition coefficient (Wildman–Crippen LogP) is 1.13. The Kier molecular flexibility index (Phi) is 2.45. The lowest BCUT2D eigenvalue weighted by molar-refractivity contribution is -0.130. The molecule has 2 aliphatic rings. The summed E-state index contributed by atoms with van der Waals surface area (Å²) in [7, 11) is 0. The Morgan fingerprint density at radius 3 is 2.20 bits per heavy atom. The zero-order chi connectivity index (χ0) is 11.1. The minimum Gasteiger partial charge on any atom is -0.368 e. The lowest BCUT2D eigenvalue weighted by Crippen LogP contribution is -2.55. The highest BCUT2D eigenvalue weighted by Gasteiger charge is 2.51. The molecule has 0 spiro atoms. The van der Waals surface area contributed by atoms with Crippen molar-refractivity contribution >= 4 is 5.91 Å². The minimum absolute atomic E-state index is 0.151. The number of nitrogens with two attached hydrogens (primary N) is 1. The van der Waals surface area contributed by atoms with E-state index >= 15 is 0 Å². The number of rotatable bonds is 2. The van der Waals surface area contributed by atoms with Crippen LogP contribution in [0, 0.1) is 0 Å². The first kappa shape index (κ1) is 10.8. The van der Waals surface area contributed by atoms with Crippen LogP contribution < -0.4 is 5.73 Å². The van der Waals surface area contributed by atoms with E-state index < -0.39 is 17.4 Å². The third-order valence-electron chi connectivity index (χ3n) is 3.66. The van der Waals surface area contributed by atoms with E-state index in [-0.39, 0.29) is 19.5 Å². The normalized spacial score (nSPS) is 29.5. The zero-order valence-corrected chi connectivity index (χ0v) is 8.64. The van der Waals surface area contributed by atoms with Gasteiger partial charge in [-0.1, -0.05) is 12.8 Å². The van der Waals surface area contributed by atoms with Crippen LogP contribution in [0.1, 0.15) is 32.1 Å². The number of primary amides is 1. The van der Waals surface area contributed by atoms with Crippen molar-refractivity contribution < 1.29 is 13.6 Å². The van der Waals surface area contributed by atoms with Gasteiger partial charge in [-0.25, -0.2) is 8.78 Å². The van der Waals surface area contributed by atoms with Gasteiger partial charge in [0.2, 0.25) is 5.91 Å². The molecular formula is C10H16F2N2O. The average molecular weight is 218 g/mol. The predicted molar refractivity (Wildman–Crippen MR) is 51.5 cm³/mol. The topological polar surface area (TPSA) is 46.3 Å². The second-order valence-electron chi connectivity index (χ2n) is 4.63. The number of carbonyl (C=O) groups excluding carboxylic acids is 1. The van der Waals surface area contributed by atoms with Gasteiger partial charge in [0.05, 0.1) is 6.54 Å². The van der Waals surface area contributed by atoms with Gasteiger partial charge in [0.25, 0.3) is 5.92 Å². The molecule has 0 aromatic carbocycles. The fourth-order valence-electron chi connectivity index (χ4n) is 2.78. The maximum atomic E-state index is 13.1. The Morgan fingerprint density at radius 1 is 1.20 bits per heavy atom. The number of amides is 1. The molecule has 15 heavy (non-hydrogen) atoms. The summed E-state index contributed by atoms with van der Waals surface area (Å²) in [5, 5.41) is 0. The molecule has 0 aromatic heterocycles. The quantitative estimate of drug-likeness (QED) is 0.755. The summed E-state index contributed by atoms with van der Waals surface area (Å²) in [6, 6.07) is 0. The SMILES string of the molecule is NC(=O)C1(N2CCC(F)(F)C2)CCCC1. The highest BCUT2D eigenvalue weighted by atomic mass is 19.3. The van der Waals surface area contributed by atoms with Crippen LogP contribution in [0.25, 0.3) is 0 Å². The second-order valence-corrected chi connectivity index (χ2v) is 4.63. The summed E-state index contributed by atoms with van der Waals surface area (Å²) in [4.78, 5) is 13.1. The van der Waals surface area contributed by atoms with Gasteiger partial charge in [0.15, 0.2) is 0 Å². The minimum atomic E-state index is -2.65. The van der Waals surface area contributed by atoms with E-state index in [1.807, 2.05) is 0 Å². The van der Waals surface area contributed by atoms with Crippen molar-refractivity contribution in [3.8, 4) is 0 Å². The molecule has 2 fully saturated rings. The van der Waals surface area contributed by atoms with Crippen molar-refractivity contribution in [1.29, 1.82) is 0 Å². The zero-order valence-electron chi connectivity index (χ0n) is 8.64. The van der Waals surface area contributed by atoms with Crippen molar-refractivity contribution in [3.63, 3.8) is 0 Å². The smallest absolute Gasteiger partial charge is 0.261 e. The summed E-state index contributed by atoms with van der Waals surface area (Å²) in [5.74, 6) is -3.08. The highest BCUT2D eigenvalue weighted by Crippen LogP contribution is 2.40. The Bertz CT molecular complexity index is 275. The van der Waals surface area contributed by atoms with E-state index in [9.17, 15) is 13.6 Å². The average Bonchev–Trinajstić information content (AvgIpc) is 2.71. The summed E-state index contributed by atoms with van der Waals surface area (Å²) >= 11 is 0. The molecule has 2 N–H and O–H groups in total. The number of halogens is 2. The summed E-state index contributed by atoms with van der Waals surface area (Å²) in [6.07, 6.45) is 2.94. The Morgan fingerprint density at radius 2 is 1.80 bits per heavy atom. The van der Waals surface area contributed by atoms with Crippen LogP contribution in [0.3, 0.4) is 0 Å². The van der Waals surface area contributed by atoms with E-state index in [0.717, 1.165) is 12.8 Å². The first-order valence-electron chi connectivity index (χ1n) is 5.39. The maximum Gasteiger partial charge on any atom is 0.261 e. The van der Waals surface area contributed by atoms with Crippen LogP contribution in [0.5, 0.6) is 0 Å². The number of nitrogens with zero attached hydrogens (tertiary/aromatic N) is 1. The third kappa shape index (κ3) is 1.73. The van der Waals surface area contributed by atoms with E-state index in [4.69, 9.17) is 5.73 Å². The summed E-state index contributed by atoms with van der Waals surface area (Å²) in [6.45, 7) is -0.0219. The van der Waals surface area contributed by atoms with Crippen LogP contribution in [-0.4, -0.2) is 35.4 Å².